The molecule has 0 aliphatic carbocycles. The maximum atomic E-state index is 10.7. The summed E-state index contributed by atoms with van der Waals surface area (Å²) >= 11 is 5.86. The zero-order valence-electron chi connectivity index (χ0n) is 9.95. The normalized spacial score (nSPS) is 10.8. The van der Waals surface area contributed by atoms with Gasteiger partial charge >= 0.3 is 0 Å². The highest BCUT2D eigenvalue weighted by atomic mass is 35.5. The van der Waals surface area contributed by atoms with E-state index >= 15 is 0 Å². The van der Waals surface area contributed by atoms with Crippen LogP contribution in [-0.4, -0.2) is 20.9 Å². The van der Waals surface area contributed by atoms with E-state index in [1.165, 1.54) is 0 Å². The average Bonchev–Trinajstić information content (AvgIpc) is 2.83. The first-order valence-electron chi connectivity index (χ1n) is 5.79. The number of rotatable bonds is 3. The molecular formula is C14H10ClN3O. The molecule has 19 heavy (non-hydrogen) atoms. The van der Waals surface area contributed by atoms with Crippen molar-refractivity contribution in [1.29, 1.82) is 0 Å². The van der Waals surface area contributed by atoms with Gasteiger partial charge in [-0.15, -0.1) is 10.2 Å². The first kappa shape index (κ1) is 11.9. The van der Waals surface area contributed by atoms with Gasteiger partial charge in [-0.3, -0.25) is 9.20 Å². The Morgan fingerprint density at radius 1 is 1.16 bits per heavy atom. The first-order valence-corrected chi connectivity index (χ1v) is 6.17. The molecule has 0 saturated heterocycles. The van der Waals surface area contributed by atoms with Crippen LogP contribution in [0.15, 0.2) is 42.6 Å². The Bertz CT molecular complexity index is 734. The summed E-state index contributed by atoms with van der Waals surface area (Å²) in [5, 5.41) is 8.93. The monoisotopic (exact) mass is 271 g/mol. The number of aldehydes is 1. The quantitative estimate of drug-likeness (QED) is 0.688. The zero-order valence-corrected chi connectivity index (χ0v) is 10.7. The molecule has 0 radical (unpaired) electrons. The van der Waals surface area contributed by atoms with Crippen LogP contribution in [0, 0.1) is 0 Å². The summed E-state index contributed by atoms with van der Waals surface area (Å²) in [6.07, 6.45) is 3.27. The summed E-state index contributed by atoms with van der Waals surface area (Å²) in [7, 11) is 0. The van der Waals surface area contributed by atoms with Crippen molar-refractivity contribution in [2.24, 2.45) is 0 Å². The van der Waals surface area contributed by atoms with E-state index in [0.717, 1.165) is 17.7 Å². The summed E-state index contributed by atoms with van der Waals surface area (Å²) in [6, 6.07) is 11.1. The van der Waals surface area contributed by atoms with Crippen molar-refractivity contribution >= 4 is 23.5 Å². The Hall–Kier alpha value is -2.20. The van der Waals surface area contributed by atoms with E-state index in [-0.39, 0.29) is 0 Å². The van der Waals surface area contributed by atoms with E-state index in [9.17, 15) is 4.79 Å². The van der Waals surface area contributed by atoms with Crippen LogP contribution in [0.4, 0.5) is 0 Å². The van der Waals surface area contributed by atoms with E-state index in [0.29, 0.717) is 22.7 Å². The molecule has 2 heterocycles. The number of hydrogen-bond donors (Lipinski definition) is 0. The topological polar surface area (TPSA) is 47.3 Å². The first-order chi connectivity index (χ1) is 9.26. The lowest BCUT2D eigenvalue weighted by Crippen LogP contribution is -1.96. The predicted molar refractivity (Wildman–Crippen MR) is 72.6 cm³/mol. The van der Waals surface area contributed by atoms with Crippen LogP contribution in [0.25, 0.3) is 5.65 Å². The zero-order chi connectivity index (χ0) is 13.2. The number of carbonyl (C=O) groups excluding carboxylic acids is 1. The molecular weight excluding hydrogens is 262 g/mol. The number of nitrogens with zero attached hydrogens (tertiary/aromatic N) is 3. The van der Waals surface area contributed by atoms with Crippen molar-refractivity contribution in [3.63, 3.8) is 0 Å². The molecule has 3 rings (SSSR count). The number of benzene rings is 1. The van der Waals surface area contributed by atoms with Crippen molar-refractivity contribution in [2.75, 3.05) is 0 Å². The summed E-state index contributed by atoms with van der Waals surface area (Å²) in [6.45, 7) is 0. The third-order valence-corrected chi connectivity index (χ3v) is 3.17. The van der Waals surface area contributed by atoms with Crippen LogP contribution in [0.1, 0.15) is 21.7 Å². The molecule has 0 saturated carbocycles. The predicted octanol–water partition coefficient (Wildman–Crippen LogP) is 2.79. The highest BCUT2D eigenvalue weighted by Crippen LogP contribution is 2.14. The lowest BCUT2D eigenvalue weighted by molar-refractivity contribution is 0.112. The van der Waals surface area contributed by atoms with E-state index in [1.807, 2.05) is 34.9 Å². The second-order valence-electron chi connectivity index (χ2n) is 4.23. The minimum absolute atomic E-state index is 0.595. The minimum atomic E-state index is 0.595. The number of hydrogen-bond acceptors (Lipinski definition) is 3. The molecule has 2 aromatic heterocycles. The fourth-order valence-electron chi connectivity index (χ4n) is 1.93. The third kappa shape index (κ3) is 2.35. The van der Waals surface area contributed by atoms with Gasteiger partial charge in [0.05, 0.1) is 0 Å². The van der Waals surface area contributed by atoms with Crippen molar-refractivity contribution in [3.05, 3.63) is 64.6 Å². The van der Waals surface area contributed by atoms with Crippen molar-refractivity contribution < 1.29 is 4.79 Å². The molecule has 0 N–H and O–H groups in total. The lowest BCUT2D eigenvalue weighted by Gasteiger charge is -2.01. The highest BCUT2D eigenvalue weighted by Gasteiger charge is 2.06. The maximum absolute atomic E-state index is 10.7. The van der Waals surface area contributed by atoms with E-state index in [1.54, 1.807) is 12.1 Å². The van der Waals surface area contributed by atoms with Gasteiger partial charge in [0, 0.05) is 23.2 Å². The Morgan fingerprint density at radius 2 is 1.95 bits per heavy atom. The summed E-state index contributed by atoms with van der Waals surface area (Å²) in [4.78, 5) is 10.7. The van der Waals surface area contributed by atoms with Crippen LogP contribution >= 0.6 is 11.6 Å². The Labute approximate surface area is 114 Å². The van der Waals surface area contributed by atoms with Crippen molar-refractivity contribution in [3.8, 4) is 0 Å². The van der Waals surface area contributed by atoms with Crippen molar-refractivity contribution in [2.45, 2.75) is 6.42 Å². The minimum Gasteiger partial charge on any atom is -0.298 e. The van der Waals surface area contributed by atoms with Crippen LogP contribution in [0.3, 0.4) is 0 Å². The van der Waals surface area contributed by atoms with E-state index in [4.69, 9.17) is 11.6 Å². The van der Waals surface area contributed by atoms with Crippen LogP contribution < -0.4 is 0 Å². The Balaban J connectivity index is 1.97. The van der Waals surface area contributed by atoms with Gasteiger partial charge < -0.3 is 0 Å². The summed E-state index contributed by atoms with van der Waals surface area (Å²) in [5.41, 5.74) is 2.38. The molecule has 4 nitrogen and oxygen atoms in total. The largest absolute Gasteiger partial charge is 0.298 e. The second kappa shape index (κ2) is 4.82. The van der Waals surface area contributed by atoms with Crippen LogP contribution in [-0.2, 0) is 6.42 Å². The molecule has 0 aliphatic rings. The molecule has 0 spiro atoms. The fraction of sp³-hybridized carbons (Fsp3) is 0.0714. The molecule has 5 heteroatoms. The molecule has 3 aromatic rings. The molecule has 0 amide bonds. The Kier molecular flexibility index (Phi) is 3.01. The van der Waals surface area contributed by atoms with Gasteiger partial charge in [-0.1, -0.05) is 23.7 Å². The van der Waals surface area contributed by atoms with Gasteiger partial charge in [0.1, 0.15) is 12.1 Å². The highest BCUT2D eigenvalue weighted by molar-refractivity contribution is 6.30. The summed E-state index contributed by atoms with van der Waals surface area (Å²) in [5.74, 6) is 0.828. The van der Waals surface area contributed by atoms with Gasteiger partial charge in [0.25, 0.3) is 0 Å². The van der Waals surface area contributed by atoms with Gasteiger partial charge in [0.2, 0.25) is 0 Å². The SMILES string of the molecule is O=Cc1ccn2c(Cc3ccc(Cl)cc3)nnc2c1. The van der Waals surface area contributed by atoms with Gasteiger partial charge in [-0.05, 0) is 29.8 Å². The molecule has 94 valence electrons. The fourth-order valence-corrected chi connectivity index (χ4v) is 2.06. The lowest BCUT2D eigenvalue weighted by atomic mass is 10.1. The smallest absolute Gasteiger partial charge is 0.161 e. The van der Waals surface area contributed by atoms with E-state index < -0.39 is 0 Å². The second-order valence-corrected chi connectivity index (χ2v) is 4.66. The standard InChI is InChI=1S/C14H10ClN3O/c15-12-3-1-10(2-4-12)7-13-16-17-14-8-11(9-19)5-6-18(13)14/h1-6,8-9H,7H2. The number of halogens is 1. The van der Waals surface area contributed by atoms with Crippen LogP contribution in [0.2, 0.25) is 5.02 Å². The maximum Gasteiger partial charge on any atom is 0.161 e. The average molecular weight is 272 g/mol. The number of pyridine rings is 1. The number of carbonyl (C=O) groups is 1. The number of fused-ring (bicyclic) bond motifs is 1. The molecule has 0 fully saturated rings. The third-order valence-electron chi connectivity index (χ3n) is 2.92. The molecule has 0 aliphatic heterocycles. The van der Waals surface area contributed by atoms with Gasteiger partial charge in [-0.2, -0.15) is 0 Å². The molecule has 0 bridgehead atoms. The van der Waals surface area contributed by atoms with Gasteiger partial charge in [0.15, 0.2) is 5.65 Å². The molecule has 1 aromatic carbocycles. The Morgan fingerprint density at radius 3 is 2.68 bits per heavy atom. The molecule has 0 atom stereocenters. The van der Waals surface area contributed by atoms with Crippen molar-refractivity contribution in [1.82, 2.24) is 14.6 Å². The van der Waals surface area contributed by atoms with Gasteiger partial charge in [-0.25, -0.2) is 0 Å². The number of aromatic nitrogens is 3. The van der Waals surface area contributed by atoms with Crippen LogP contribution in [0.5, 0.6) is 0 Å². The summed E-state index contributed by atoms with van der Waals surface area (Å²) < 4.78 is 1.88. The molecule has 0 unspecified atom stereocenters. The van der Waals surface area contributed by atoms with E-state index in [2.05, 4.69) is 10.2 Å².